The summed E-state index contributed by atoms with van der Waals surface area (Å²) in [5.74, 6) is 0.513. The molecule has 0 aliphatic heterocycles. The molecule has 1 aromatic heterocycles. The zero-order chi connectivity index (χ0) is 19.9. The van der Waals surface area contributed by atoms with Gasteiger partial charge in [0.15, 0.2) is 11.0 Å². The normalized spacial score (nSPS) is 10.5. The van der Waals surface area contributed by atoms with Crippen molar-refractivity contribution >= 4 is 45.2 Å². The van der Waals surface area contributed by atoms with Crippen molar-refractivity contribution in [2.24, 2.45) is 7.05 Å². The van der Waals surface area contributed by atoms with Gasteiger partial charge in [0, 0.05) is 22.8 Å². The van der Waals surface area contributed by atoms with Gasteiger partial charge in [0.05, 0.1) is 12.3 Å². The number of thioether (sulfide) groups is 1. The number of anilines is 1. The fraction of sp³-hybridized carbons (Fsp3) is 0.158. The maximum absolute atomic E-state index is 12.1. The molecule has 0 radical (unpaired) electrons. The Bertz CT molecular complexity index is 960. The highest BCUT2D eigenvalue weighted by atomic mass is 79.9. The second-order valence-electron chi connectivity index (χ2n) is 5.85. The monoisotopic (exact) mass is 459 g/mol. The highest BCUT2D eigenvalue weighted by molar-refractivity contribution is 9.10. The lowest BCUT2D eigenvalue weighted by atomic mass is 10.2. The molecule has 0 aliphatic rings. The molecule has 0 spiro atoms. The van der Waals surface area contributed by atoms with Crippen LogP contribution in [-0.4, -0.2) is 32.3 Å². The SMILES string of the molecule is Cn1c(CNC(=O)c2ccccc2)nnc1SCC(=O)Nc1ccc(Br)cc1. The highest BCUT2D eigenvalue weighted by Crippen LogP contribution is 2.18. The maximum atomic E-state index is 12.1. The molecule has 2 aromatic carbocycles. The van der Waals surface area contributed by atoms with E-state index in [1.54, 1.807) is 23.7 Å². The molecule has 2 amide bonds. The predicted octanol–water partition coefficient (Wildman–Crippen LogP) is 3.24. The second kappa shape index (κ2) is 9.52. The zero-order valence-electron chi connectivity index (χ0n) is 15.1. The van der Waals surface area contributed by atoms with Gasteiger partial charge >= 0.3 is 0 Å². The summed E-state index contributed by atoms with van der Waals surface area (Å²) in [5, 5.41) is 14.4. The van der Waals surface area contributed by atoms with Crippen LogP contribution in [0.3, 0.4) is 0 Å². The third kappa shape index (κ3) is 5.43. The largest absolute Gasteiger partial charge is 0.345 e. The molecular weight excluding hydrogens is 442 g/mol. The van der Waals surface area contributed by atoms with Crippen molar-refractivity contribution in [2.75, 3.05) is 11.1 Å². The predicted molar refractivity (Wildman–Crippen MR) is 112 cm³/mol. The average molecular weight is 460 g/mol. The molecule has 0 fully saturated rings. The third-order valence-electron chi connectivity index (χ3n) is 3.83. The third-order valence-corrected chi connectivity index (χ3v) is 5.38. The van der Waals surface area contributed by atoms with Crippen LogP contribution in [0.15, 0.2) is 64.2 Å². The second-order valence-corrected chi connectivity index (χ2v) is 7.71. The smallest absolute Gasteiger partial charge is 0.251 e. The number of nitrogens with one attached hydrogen (secondary N) is 2. The number of aromatic nitrogens is 3. The van der Waals surface area contributed by atoms with E-state index in [9.17, 15) is 9.59 Å². The summed E-state index contributed by atoms with van der Waals surface area (Å²) in [7, 11) is 1.80. The standard InChI is InChI=1S/C19H18BrN5O2S/c1-25-16(11-21-18(27)13-5-3-2-4-6-13)23-24-19(25)28-12-17(26)22-15-9-7-14(20)8-10-15/h2-10H,11-12H2,1H3,(H,21,27)(H,22,26). The number of hydrogen-bond donors (Lipinski definition) is 2. The lowest BCUT2D eigenvalue weighted by Crippen LogP contribution is -2.24. The van der Waals surface area contributed by atoms with Gasteiger partial charge in [-0.1, -0.05) is 45.9 Å². The number of amides is 2. The van der Waals surface area contributed by atoms with Crippen LogP contribution >= 0.6 is 27.7 Å². The maximum Gasteiger partial charge on any atom is 0.251 e. The molecular formula is C19H18BrN5O2S. The molecule has 0 saturated heterocycles. The summed E-state index contributed by atoms with van der Waals surface area (Å²) in [6, 6.07) is 16.3. The Morgan fingerprint density at radius 3 is 2.50 bits per heavy atom. The molecule has 0 atom stereocenters. The lowest BCUT2D eigenvalue weighted by molar-refractivity contribution is -0.113. The van der Waals surface area contributed by atoms with Crippen LogP contribution in [0.5, 0.6) is 0 Å². The minimum absolute atomic E-state index is 0.130. The Balaban J connectivity index is 1.50. The van der Waals surface area contributed by atoms with Gasteiger partial charge in [-0.05, 0) is 36.4 Å². The molecule has 3 aromatic rings. The molecule has 0 bridgehead atoms. The van der Waals surface area contributed by atoms with E-state index in [1.165, 1.54) is 11.8 Å². The van der Waals surface area contributed by atoms with E-state index >= 15 is 0 Å². The molecule has 1 heterocycles. The molecule has 2 N–H and O–H groups in total. The first-order chi connectivity index (χ1) is 13.5. The number of benzene rings is 2. The molecule has 0 unspecified atom stereocenters. The Hall–Kier alpha value is -2.65. The van der Waals surface area contributed by atoms with Gasteiger partial charge in [-0.3, -0.25) is 9.59 Å². The van der Waals surface area contributed by atoms with Gasteiger partial charge in [-0.25, -0.2) is 0 Å². The van der Waals surface area contributed by atoms with E-state index in [1.807, 2.05) is 42.5 Å². The van der Waals surface area contributed by atoms with Gasteiger partial charge in [0.1, 0.15) is 0 Å². The van der Waals surface area contributed by atoms with Gasteiger partial charge in [-0.15, -0.1) is 10.2 Å². The Kier molecular flexibility index (Phi) is 6.83. The molecule has 28 heavy (non-hydrogen) atoms. The van der Waals surface area contributed by atoms with Crippen molar-refractivity contribution in [2.45, 2.75) is 11.7 Å². The number of carbonyl (C=O) groups excluding carboxylic acids is 2. The van der Waals surface area contributed by atoms with Gasteiger partial charge in [0.25, 0.3) is 5.91 Å². The summed E-state index contributed by atoms with van der Waals surface area (Å²) in [4.78, 5) is 24.2. The fourth-order valence-corrected chi connectivity index (χ4v) is 3.33. The number of nitrogens with zero attached hydrogens (tertiary/aromatic N) is 3. The van der Waals surface area contributed by atoms with Crippen molar-refractivity contribution in [3.63, 3.8) is 0 Å². The average Bonchev–Trinajstić information content (AvgIpc) is 3.06. The summed E-state index contributed by atoms with van der Waals surface area (Å²) in [6.07, 6.45) is 0. The fourth-order valence-electron chi connectivity index (χ4n) is 2.34. The van der Waals surface area contributed by atoms with Gasteiger partial charge in [0.2, 0.25) is 5.91 Å². The van der Waals surface area contributed by atoms with Crippen LogP contribution in [0.4, 0.5) is 5.69 Å². The van der Waals surface area contributed by atoms with Crippen LogP contribution in [0.2, 0.25) is 0 Å². The van der Waals surface area contributed by atoms with Crippen molar-refractivity contribution in [3.8, 4) is 0 Å². The molecule has 144 valence electrons. The van der Waals surface area contributed by atoms with Crippen LogP contribution in [-0.2, 0) is 18.4 Å². The summed E-state index contributed by atoms with van der Waals surface area (Å²) in [5.41, 5.74) is 1.32. The number of hydrogen-bond acceptors (Lipinski definition) is 5. The minimum Gasteiger partial charge on any atom is -0.345 e. The van der Waals surface area contributed by atoms with Crippen LogP contribution in [0.25, 0.3) is 0 Å². The molecule has 7 nitrogen and oxygen atoms in total. The van der Waals surface area contributed by atoms with Crippen LogP contribution < -0.4 is 10.6 Å². The van der Waals surface area contributed by atoms with Crippen molar-refractivity contribution < 1.29 is 9.59 Å². The van der Waals surface area contributed by atoms with Gasteiger partial charge in [-0.2, -0.15) is 0 Å². The van der Waals surface area contributed by atoms with Crippen molar-refractivity contribution in [3.05, 3.63) is 70.5 Å². The minimum atomic E-state index is -0.174. The Labute approximate surface area is 175 Å². The summed E-state index contributed by atoms with van der Waals surface area (Å²) < 4.78 is 2.72. The number of halogens is 1. The first kappa shape index (κ1) is 20.1. The van der Waals surface area contributed by atoms with E-state index in [0.29, 0.717) is 16.5 Å². The quantitative estimate of drug-likeness (QED) is 0.529. The number of carbonyl (C=O) groups is 2. The first-order valence-corrected chi connectivity index (χ1v) is 10.2. The van der Waals surface area contributed by atoms with E-state index in [0.717, 1.165) is 10.2 Å². The molecule has 3 rings (SSSR count). The van der Waals surface area contributed by atoms with Crippen LogP contribution in [0, 0.1) is 0 Å². The van der Waals surface area contributed by atoms with Gasteiger partial charge < -0.3 is 15.2 Å². The highest BCUT2D eigenvalue weighted by Gasteiger charge is 2.13. The van der Waals surface area contributed by atoms with E-state index in [2.05, 4.69) is 36.8 Å². The van der Waals surface area contributed by atoms with E-state index in [4.69, 9.17) is 0 Å². The zero-order valence-corrected chi connectivity index (χ0v) is 17.5. The van der Waals surface area contributed by atoms with Crippen molar-refractivity contribution in [1.29, 1.82) is 0 Å². The summed E-state index contributed by atoms with van der Waals surface area (Å²) in [6.45, 7) is 0.253. The van der Waals surface area contributed by atoms with Crippen LogP contribution in [0.1, 0.15) is 16.2 Å². The number of rotatable bonds is 7. The molecule has 0 saturated carbocycles. The topological polar surface area (TPSA) is 88.9 Å². The molecule has 0 aliphatic carbocycles. The first-order valence-electron chi connectivity index (χ1n) is 8.42. The lowest BCUT2D eigenvalue weighted by Gasteiger charge is -2.07. The van der Waals surface area contributed by atoms with E-state index in [-0.39, 0.29) is 24.1 Å². The summed E-state index contributed by atoms with van der Waals surface area (Å²) >= 11 is 4.64. The Morgan fingerprint density at radius 2 is 1.79 bits per heavy atom. The van der Waals surface area contributed by atoms with Crippen molar-refractivity contribution in [1.82, 2.24) is 20.1 Å². The van der Waals surface area contributed by atoms with E-state index < -0.39 is 0 Å². The molecule has 9 heteroatoms. The Morgan fingerprint density at radius 1 is 1.07 bits per heavy atom.